The van der Waals surface area contributed by atoms with Crippen LogP contribution in [-0.4, -0.2) is 28.2 Å². The highest BCUT2D eigenvalue weighted by Crippen LogP contribution is 2.38. The molecule has 1 aliphatic rings. The van der Waals surface area contributed by atoms with Gasteiger partial charge in [0.05, 0.1) is 29.7 Å². The molecule has 3 rings (SSSR count). The molecular formula is C14H18N4O. The van der Waals surface area contributed by atoms with Crippen LogP contribution in [0.25, 0.3) is 5.69 Å². The van der Waals surface area contributed by atoms with Gasteiger partial charge in [0.1, 0.15) is 0 Å². The van der Waals surface area contributed by atoms with Gasteiger partial charge in [-0.25, -0.2) is 4.68 Å². The summed E-state index contributed by atoms with van der Waals surface area (Å²) in [6, 6.07) is 9.70. The minimum absolute atomic E-state index is 0.0426. The molecule has 2 atom stereocenters. The van der Waals surface area contributed by atoms with Crippen LogP contribution in [-0.2, 0) is 4.74 Å². The highest BCUT2D eigenvalue weighted by Gasteiger charge is 2.37. The van der Waals surface area contributed by atoms with Crippen LogP contribution < -0.4 is 5.73 Å². The summed E-state index contributed by atoms with van der Waals surface area (Å²) in [7, 11) is 1.72. The molecule has 0 aliphatic heterocycles. The molecule has 1 heterocycles. The molecule has 2 unspecified atom stereocenters. The lowest BCUT2D eigenvalue weighted by molar-refractivity contribution is 0.0606. The third kappa shape index (κ3) is 2.39. The molecule has 2 N–H and O–H groups in total. The van der Waals surface area contributed by atoms with Crippen molar-refractivity contribution in [2.24, 2.45) is 11.7 Å². The molecule has 1 aromatic carbocycles. The molecule has 1 aromatic heterocycles. The first-order valence-corrected chi connectivity index (χ1v) is 6.55. The average molecular weight is 258 g/mol. The van der Waals surface area contributed by atoms with Gasteiger partial charge in [0, 0.05) is 7.11 Å². The quantitative estimate of drug-likeness (QED) is 0.886. The smallest absolute Gasteiger partial charge is 0.0839 e. The highest BCUT2D eigenvalue weighted by atomic mass is 16.5. The first kappa shape index (κ1) is 12.3. The predicted molar refractivity (Wildman–Crippen MR) is 71.8 cm³/mol. The summed E-state index contributed by atoms with van der Waals surface area (Å²) in [5, 5.41) is 8.13. The first-order chi connectivity index (χ1) is 9.31. The van der Waals surface area contributed by atoms with Gasteiger partial charge in [-0.2, -0.15) is 0 Å². The number of hydrogen-bond donors (Lipinski definition) is 1. The second kappa shape index (κ2) is 5.11. The van der Waals surface area contributed by atoms with Gasteiger partial charge in [0.25, 0.3) is 0 Å². The van der Waals surface area contributed by atoms with Crippen molar-refractivity contribution in [3.63, 3.8) is 0 Å². The van der Waals surface area contributed by atoms with Gasteiger partial charge in [-0.3, -0.25) is 0 Å². The van der Waals surface area contributed by atoms with Gasteiger partial charge in [-0.15, -0.1) is 5.10 Å². The maximum absolute atomic E-state index is 6.35. The third-order valence-corrected chi connectivity index (χ3v) is 3.63. The van der Waals surface area contributed by atoms with Crippen molar-refractivity contribution in [1.82, 2.24) is 15.0 Å². The van der Waals surface area contributed by atoms with Crippen molar-refractivity contribution in [2.75, 3.05) is 7.11 Å². The number of nitrogens with zero attached hydrogens (tertiary/aromatic N) is 3. The number of hydrogen-bond acceptors (Lipinski definition) is 4. The lowest BCUT2D eigenvalue weighted by Gasteiger charge is -2.22. The number of para-hydroxylation sites is 1. The normalized spacial score (nSPS) is 18.2. The maximum atomic E-state index is 6.35. The zero-order chi connectivity index (χ0) is 13.2. The van der Waals surface area contributed by atoms with Gasteiger partial charge < -0.3 is 10.5 Å². The van der Waals surface area contributed by atoms with Gasteiger partial charge in [0.2, 0.25) is 0 Å². The summed E-state index contributed by atoms with van der Waals surface area (Å²) in [4.78, 5) is 0. The minimum Gasteiger partial charge on any atom is -0.379 e. The largest absolute Gasteiger partial charge is 0.379 e. The van der Waals surface area contributed by atoms with E-state index >= 15 is 0 Å². The van der Waals surface area contributed by atoms with E-state index in [9.17, 15) is 0 Å². The Morgan fingerprint density at radius 2 is 2.05 bits per heavy atom. The molecule has 0 amide bonds. The number of methoxy groups -OCH3 is 1. The van der Waals surface area contributed by atoms with E-state index < -0.39 is 0 Å². The predicted octanol–water partition coefficient (Wildman–Crippen LogP) is 1.69. The lowest BCUT2D eigenvalue weighted by atomic mass is 10.0. The summed E-state index contributed by atoms with van der Waals surface area (Å²) in [5.41, 5.74) is 8.21. The molecule has 5 heteroatoms. The summed E-state index contributed by atoms with van der Waals surface area (Å²) in [5.74, 6) is 0.569. The van der Waals surface area contributed by atoms with Crippen molar-refractivity contribution in [2.45, 2.75) is 25.0 Å². The monoisotopic (exact) mass is 258 g/mol. The van der Waals surface area contributed by atoms with E-state index in [0.29, 0.717) is 5.92 Å². The Morgan fingerprint density at radius 1 is 1.32 bits per heavy atom. The van der Waals surface area contributed by atoms with E-state index in [-0.39, 0.29) is 12.1 Å². The second-order valence-corrected chi connectivity index (χ2v) is 4.97. The molecular weight excluding hydrogens is 240 g/mol. The fourth-order valence-electron chi connectivity index (χ4n) is 2.47. The SMILES string of the molecule is COC(C1CC1)C(N)c1cnnn1-c1ccccc1. The average Bonchev–Trinajstić information content (AvgIpc) is 3.16. The molecule has 0 spiro atoms. The van der Waals surface area contributed by atoms with Crippen molar-refractivity contribution in [3.05, 3.63) is 42.2 Å². The summed E-state index contributed by atoms with van der Waals surface area (Å²) in [6.45, 7) is 0. The number of aromatic nitrogens is 3. The Balaban J connectivity index is 1.91. The van der Waals surface area contributed by atoms with Crippen molar-refractivity contribution < 1.29 is 4.74 Å². The number of rotatable bonds is 5. The van der Waals surface area contributed by atoms with Crippen LogP contribution in [0, 0.1) is 5.92 Å². The van der Waals surface area contributed by atoms with E-state index in [4.69, 9.17) is 10.5 Å². The molecule has 1 fully saturated rings. The summed E-state index contributed by atoms with van der Waals surface area (Å²) < 4.78 is 7.35. The van der Waals surface area contributed by atoms with Crippen LogP contribution in [0.4, 0.5) is 0 Å². The molecule has 19 heavy (non-hydrogen) atoms. The van der Waals surface area contributed by atoms with Gasteiger partial charge in [-0.1, -0.05) is 23.4 Å². The summed E-state index contributed by atoms with van der Waals surface area (Å²) >= 11 is 0. The second-order valence-electron chi connectivity index (χ2n) is 4.97. The van der Waals surface area contributed by atoms with Crippen LogP contribution in [0.3, 0.4) is 0 Å². The molecule has 2 aromatic rings. The van der Waals surface area contributed by atoms with E-state index in [0.717, 1.165) is 11.4 Å². The van der Waals surface area contributed by atoms with Crippen molar-refractivity contribution in [1.29, 1.82) is 0 Å². The first-order valence-electron chi connectivity index (χ1n) is 6.55. The number of ether oxygens (including phenoxy) is 1. The van der Waals surface area contributed by atoms with E-state index in [1.807, 2.05) is 30.3 Å². The molecule has 0 saturated heterocycles. The Kier molecular flexibility index (Phi) is 3.31. The minimum atomic E-state index is -0.201. The topological polar surface area (TPSA) is 66.0 Å². The van der Waals surface area contributed by atoms with Crippen LogP contribution in [0.2, 0.25) is 0 Å². The molecule has 100 valence electrons. The molecule has 1 aliphatic carbocycles. The van der Waals surface area contributed by atoms with E-state index in [1.54, 1.807) is 18.0 Å². The standard InChI is InChI=1S/C14H18N4O/c1-19-14(10-7-8-10)13(15)12-9-16-17-18(12)11-5-3-2-4-6-11/h2-6,9-10,13-14H,7-8,15H2,1H3. The van der Waals surface area contributed by atoms with Gasteiger partial charge in [-0.05, 0) is 30.9 Å². The zero-order valence-electron chi connectivity index (χ0n) is 10.9. The Labute approximate surface area is 112 Å². The summed E-state index contributed by atoms with van der Waals surface area (Å²) in [6.07, 6.45) is 4.16. The van der Waals surface area contributed by atoms with Crippen LogP contribution in [0.5, 0.6) is 0 Å². The maximum Gasteiger partial charge on any atom is 0.0839 e. The third-order valence-electron chi connectivity index (χ3n) is 3.63. The van der Waals surface area contributed by atoms with E-state index in [1.165, 1.54) is 12.8 Å². The van der Waals surface area contributed by atoms with Gasteiger partial charge in [0.15, 0.2) is 0 Å². The Morgan fingerprint density at radius 3 is 2.68 bits per heavy atom. The van der Waals surface area contributed by atoms with Crippen LogP contribution in [0.15, 0.2) is 36.5 Å². The Bertz CT molecular complexity index is 535. The molecule has 5 nitrogen and oxygen atoms in total. The van der Waals surface area contributed by atoms with Crippen molar-refractivity contribution in [3.8, 4) is 5.69 Å². The molecule has 0 bridgehead atoms. The highest BCUT2D eigenvalue weighted by molar-refractivity contribution is 5.32. The van der Waals surface area contributed by atoms with Crippen LogP contribution >= 0.6 is 0 Å². The molecule has 0 radical (unpaired) electrons. The zero-order valence-corrected chi connectivity index (χ0v) is 10.9. The fraction of sp³-hybridized carbons (Fsp3) is 0.429. The molecule has 1 saturated carbocycles. The Hall–Kier alpha value is -1.72. The van der Waals surface area contributed by atoms with Gasteiger partial charge >= 0.3 is 0 Å². The number of nitrogens with two attached hydrogens (primary N) is 1. The van der Waals surface area contributed by atoms with Crippen LogP contribution in [0.1, 0.15) is 24.6 Å². The lowest BCUT2D eigenvalue weighted by Crippen LogP contribution is -2.31. The van der Waals surface area contributed by atoms with Crippen molar-refractivity contribution >= 4 is 0 Å². The fourth-order valence-corrected chi connectivity index (χ4v) is 2.47. The number of benzene rings is 1. The van der Waals surface area contributed by atoms with E-state index in [2.05, 4.69) is 10.3 Å².